The Morgan fingerprint density at radius 1 is 1.04 bits per heavy atom. The number of carbonyl (C=O) groups excluding carboxylic acids is 2. The number of hydrogen-bond donors (Lipinski definition) is 1. The van der Waals surface area contributed by atoms with Gasteiger partial charge < -0.3 is 9.47 Å². The minimum atomic E-state index is -0.549. The topological polar surface area (TPSA) is 67.9 Å². The van der Waals surface area contributed by atoms with Gasteiger partial charge in [-0.15, -0.1) is 0 Å². The molecule has 1 saturated heterocycles. The van der Waals surface area contributed by atoms with Crippen molar-refractivity contribution in [1.82, 2.24) is 5.32 Å². The van der Waals surface area contributed by atoms with Gasteiger partial charge in [0.15, 0.2) is 16.6 Å². The van der Waals surface area contributed by atoms with Gasteiger partial charge in [-0.05, 0) is 60.3 Å². The van der Waals surface area contributed by atoms with Crippen LogP contribution in [-0.4, -0.2) is 30.1 Å². The van der Waals surface area contributed by atoms with Crippen molar-refractivity contribution >= 4 is 52.5 Å². The van der Waals surface area contributed by atoms with E-state index in [4.69, 9.17) is 33.3 Å². The molecular weight excluding hydrogens is 400 g/mol. The second-order valence-corrected chi connectivity index (χ2v) is 7.01. The zero-order chi connectivity index (χ0) is 19.7. The van der Waals surface area contributed by atoms with E-state index in [1.54, 1.807) is 42.5 Å². The molecule has 1 fully saturated rings. The van der Waals surface area contributed by atoms with Crippen molar-refractivity contribution in [3.05, 3.63) is 58.6 Å². The van der Waals surface area contributed by atoms with Gasteiger partial charge in [0.05, 0.1) is 18.9 Å². The standard InChI is InChI=1S/C20H15ClN2O4S/c21-13-3-5-14(6-4-13)23-19(25)15(18(24)22-20(23)28)10-12-2-7-16-17(11-12)27-9-1-8-26-16/h2-7,10-11H,1,8-9H2,(H,22,24,28). The minimum Gasteiger partial charge on any atom is -0.490 e. The number of ether oxygens (including phenoxy) is 2. The van der Waals surface area contributed by atoms with Crippen LogP contribution in [0.2, 0.25) is 5.02 Å². The summed E-state index contributed by atoms with van der Waals surface area (Å²) < 4.78 is 11.3. The number of nitrogens with zero attached hydrogens (tertiary/aromatic N) is 1. The molecule has 2 heterocycles. The lowest BCUT2D eigenvalue weighted by Gasteiger charge is -2.29. The summed E-state index contributed by atoms with van der Waals surface area (Å²) in [7, 11) is 0. The van der Waals surface area contributed by atoms with Gasteiger partial charge in [-0.2, -0.15) is 0 Å². The highest BCUT2D eigenvalue weighted by atomic mass is 35.5. The smallest absolute Gasteiger partial charge is 0.270 e. The molecule has 6 nitrogen and oxygen atoms in total. The van der Waals surface area contributed by atoms with Gasteiger partial charge in [0, 0.05) is 11.4 Å². The quantitative estimate of drug-likeness (QED) is 0.464. The van der Waals surface area contributed by atoms with Gasteiger partial charge in [-0.3, -0.25) is 19.8 Å². The minimum absolute atomic E-state index is 0.0214. The van der Waals surface area contributed by atoms with Crippen LogP contribution in [0.15, 0.2) is 48.0 Å². The Balaban J connectivity index is 1.69. The number of thiocarbonyl (C=S) groups is 1. The largest absolute Gasteiger partial charge is 0.490 e. The van der Waals surface area contributed by atoms with E-state index >= 15 is 0 Å². The van der Waals surface area contributed by atoms with Gasteiger partial charge in [0.1, 0.15) is 5.57 Å². The fourth-order valence-corrected chi connectivity index (χ4v) is 3.33. The van der Waals surface area contributed by atoms with Gasteiger partial charge >= 0.3 is 0 Å². The molecule has 0 spiro atoms. The molecule has 0 bridgehead atoms. The highest BCUT2D eigenvalue weighted by molar-refractivity contribution is 7.80. The highest BCUT2D eigenvalue weighted by Crippen LogP contribution is 2.31. The number of nitrogens with one attached hydrogen (secondary N) is 1. The molecule has 2 aliphatic rings. The van der Waals surface area contributed by atoms with Crippen LogP contribution in [0, 0.1) is 0 Å². The summed E-state index contributed by atoms with van der Waals surface area (Å²) in [5, 5.41) is 3.11. The number of carbonyl (C=O) groups is 2. The van der Waals surface area contributed by atoms with Gasteiger partial charge in [0.2, 0.25) is 0 Å². The van der Waals surface area contributed by atoms with Gasteiger partial charge in [0.25, 0.3) is 11.8 Å². The van der Waals surface area contributed by atoms with Crippen LogP contribution in [0.1, 0.15) is 12.0 Å². The maximum Gasteiger partial charge on any atom is 0.270 e. The van der Waals surface area contributed by atoms with Crippen LogP contribution in [0.3, 0.4) is 0 Å². The van der Waals surface area contributed by atoms with Crippen LogP contribution in [0.5, 0.6) is 11.5 Å². The molecule has 4 rings (SSSR count). The van der Waals surface area contributed by atoms with Crippen LogP contribution >= 0.6 is 23.8 Å². The summed E-state index contributed by atoms with van der Waals surface area (Å²) >= 11 is 11.1. The summed E-state index contributed by atoms with van der Waals surface area (Å²) in [4.78, 5) is 26.7. The van der Waals surface area contributed by atoms with Crippen LogP contribution in [0.4, 0.5) is 5.69 Å². The molecule has 2 amide bonds. The van der Waals surface area contributed by atoms with Crippen molar-refractivity contribution in [1.29, 1.82) is 0 Å². The zero-order valence-corrected chi connectivity index (χ0v) is 16.2. The first kappa shape index (κ1) is 18.5. The lowest BCUT2D eigenvalue weighted by molar-refractivity contribution is -0.122. The van der Waals surface area contributed by atoms with Crippen molar-refractivity contribution in [3.8, 4) is 11.5 Å². The van der Waals surface area contributed by atoms with Crippen molar-refractivity contribution in [2.45, 2.75) is 6.42 Å². The fourth-order valence-electron chi connectivity index (χ4n) is 2.92. The summed E-state index contributed by atoms with van der Waals surface area (Å²) in [6.45, 7) is 1.13. The zero-order valence-electron chi connectivity index (χ0n) is 14.6. The molecule has 28 heavy (non-hydrogen) atoms. The van der Waals surface area contributed by atoms with Crippen molar-refractivity contribution < 1.29 is 19.1 Å². The first-order chi connectivity index (χ1) is 13.5. The van der Waals surface area contributed by atoms with E-state index in [1.165, 1.54) is 11.0 Å². The molecule has 0 atom stereocenters. The predicted molar refractivity (Wildman–Crippen MR) is 110 cm³/mol. The maximum absolute atomic E-state index is 13.0. The van der Waals surface area contributed by atoms with Crippen molar-refractivity contribution in [2.24, 2.45) is 0 Å². The van der Waals surface area contributed by atoms with E-state index in [0.717, 1.165) is 6.42 Å². The molecule has 2 aliphatic heterocycles. The summed E-state index contributed by atoms with van der Waals surface area (Å²) in [6.07, 6.45) is 2.30. The molecule has 2 aromatic carbocycles. The Kier molecular flexibility index (Phi) is 5.02. The normalized spacial score (nSPS) is 18.1. The molecule has 0 saturated carbocycles. The second-order valence-electron chi connectivity index (χ2n) is 6.19. The lowest BCUT2D eigenvalue weighted by atomic mass is 10.1. The van der Waals surface area contributed by atoms with E-state index in [0.29, 0.717) is 41.0 Å². The Hall–Kier alpha value is -2.90. The molecular formula is C20H15ClN2O4S. The molecule has 142 valence electrons. The summed E-state index contributed by atoms with van der Waals surface area (Å²) in [6, 6.07) is 11.9. The van der Waals surface area contributed by atoms with Crippen LogP contribution in [-0.2, 0) is 9.59 Å². The Bertz CT molecular complexity index is 1000. The number of amides is 2. The molecule has 2 aromatic rings. The Morgan fingerprint density at radius 2 is 1.75 bits per heavy atom. The molecule has 0 radical (unpaired) electrons. The number of benzene rings is 2. The predicted octanol–water partition coefficient (Wildman–Crippen LogP) is 3.33. The highest BCUT2D eigenvalue weighted by Gasteiger charge is 2.34. The van der Waals surface area contributed by atoms with E-state index in [1.807, 2.05) is 0 Å². The van der Waals surface area contributed by atoms with Gasteiger partial charge in [-0.1, -0.05) is 17.7 Å². The summed E-state index contributed by atoms with van der Waals surface area (Å²) in [5.74, 6) is 0.166. The molecule has 0 aliphatic carbocycles. The number of fused-ring (bicyclic) bond motifs is 1. The van der Waals surface area contributed by atoms with E-state index in [2.05, 4.69) is 5.32 Å². The third-order valence-corrected chi connectivity index (χ3v) is 4.81. The van der Waals surface area contributed by atoms with Gasteiger partial charge in [-0.25, -0.2) is 0 Å². The molecule has 1 N–H and O–H groups in total. The molecule has 0 unspecified atom stereocenters. The number of halogens is 1. The van der Waals surface area contributed by atoms with Crippen molar-refractivity contribution in [3.63, 3.8) is 0 Å². The average molecular weight is 415 g/mol. The first-order valence-corrected chi connectivity index (χ1v) is 9.38. The SMILES string of the molecule is O=C1NC(=S)N(c2ccc(Cl)cc2)C(=O)C1=Cc1ccc2c(c1)OCCCO2. The van der Waals surface area contributed by atoms with Crippen LogP contribution < -0.4 is 19.7 Å². The summed E-state index contributed by atoms with van der Waals surface area (Å²) in [5.41, 5.74) is 1.13. The maximum atomic E-state index is 13.0. The Labute approximate surface area is 171 Å². The number of rotatable bonds is 2. The van der Waals surface area contributed by atoms with E-state index in [9.17, 15) is 9.59 Å². The van der Waals surface area contributed by atoms with E-state index in [-0.39, 0.29) is 10.7 Å². The average Bonchev–Trinajstić information content (AvgIpc) is 2.91. The second kappa shape index (κ2) is 7.61. The molecule has 8 heteroatoms. The Morgan fingerprint density at radius 3 is 2.50 bits per heavy atom. The molecule has 0 aromatic heterocycles. The number of hydrogen-bond acceptors (Lipinski definition) is 5. The third-order valence-electron chi connectivity index (χ3n) is 4.27. The first-order valence-electron chi connectivity index (χ1n) is 8.59. The fraction of sp³-hybridized carbons (Fsp3) is 0.150. The van der Waals surface area contributed by atoms with E-state index < -0.39 is 11.8 Å². The number of anilines is 1. The monoisotopic (exact) mass is 414 g/mol. The third kappa shape index (κ3) is 3.58. The lowest BCUT2D eigenvalue weighted by Crippen LogP contribution is -2.54. The van der Waals surface area contributed by atoms with Crippen LogP contribution in [0.25, 0.3) is 6.08 Å². The van der Waals surface area contributed by atoms with Crippen molar-refractivity contribution in [2.75, 3.05) is 18.1 Å².